The maximum atomic E-state index is 4.63. The van der Waals surface area contributed by atoms with Crippen LogP contribution in [0.5, 0.6) is 0 Å². The minimum Gasteiger partial charge on any atom is -0.309 e. The van der Waals surface area contributed by atoms with Gasteiger partial charge in [-0.15, -0.1) is 0 Å². The molecule has 17 heavy (non-hydrogen) atoms. The van der Waals surface area contributed by atoms with Crippen LogP contribution in [0.4, 0.5) is 5.69 Å². The van der Waals surface area contributed by atoms with Crippen molar-refractivity contribution in [3.63, 3.8) is 0 Å². The molecule has 0 aliphatic carbocycles. The number of nitrogens with one attached hydrogen (secondary N) is 1. The number of nitrogens with zero attached hydrogens (tertiary/aromatic N) is 1. The van der Waals surface area contributed by atoms with Crippen LogP contribution in [0.2, 0.25) is 0 Å². The minimum atomic E-state index is 0.453. The second-order valence-corrected chi connectivity index (χ2v) is 4.48. The molecule has 1 fully saturated rings. The minimum absolute atomic E-state index is 0.453. The van der Waals surface area contributed by atoms with Crippen molar-refractivity contribution in [3.8, 4) is 0 Å². The van der Waals surface area contributed by atoms with Crippen molar-refractivity contribution in [2.45, 2.75) is 18.9 Å². The number of hydrogen-bond donors (Lipinski definition) is 1. The zero-order chi connectivity index (χ0) is 11.5. The third kappa shape index (κ3) is 2.22. The average Bonchev–Trinajstić information content (AvgIpc) is 2.89. The highest BCUT2D eigenvalue weighted by atomic mass is 14.9. The summed E-state index contributed by atoms with van der Waals surface area (Å²) in [6.07, 6.45) is 4.51. The van der Waals surface area contributed by atoms with Crippen molar-refractivity contribution < 1.29 is 0 Å². The van der Waals surface area contributed by atoms with Gasteiger partial charge in [0, 0.05) is 17.6 Å². The van der Waals surface area contributed by atoms with Gasteiger partial charge in [0.1, 0.15) is 0 Å². The van der Waals surface area contributed by atoms with E-state index in [1.807, 2.05) is 0 Å². The van der Waals surface area contributed by atoms with Crippen LogP contribution in [0.15, 0.2) is 47.5 Å². The van der Waals surface area contributed by atoms with Crippen LogP contribution in [-0.2, 0) is 0 Å². The summed E-state index contributed by atoms with van der Waals surface area (Å²) in [7, 11) is 0. The van der Waals surface area contributed by atoms with E-state index >= 15 is 0 Å². The SMILES string of the molecule is C(=Nc1cccc2ccccc12)C1CCCN1. The van der Waals surface area contributed by atoms with Crippen molar-refractivity contribution in [3.05, 3.63) is 42.5 Å². The molecule has 2 aromatic carbocycles. The van der Waals surface area contributed by atoms with Crippen LogP contribution in [-0.4, -0.2) is 18.8 Å². The highest BCUT2D eigenvalue weighted by Crippen LogP contribution is 2.25. The molecular formula is C15H16N2. The first kappa shape index (κ1) is 10.5. The predicted molar refractivity (Wildman–Crippen MR) is 73.1 cm³/mol. The second kappa shape index (κ2) is 4.68. The first-order valence-corrected chi connectivity index (χ1v) is 6.19. The molecule has 0 spiro atoms. The summed E-state index contributed by atoms with van der Waals surface area (Å²) in [5, 5.41) is 5.90. The Morgan fingerprint density at radius 1 is 1.12 bits per heavy atom. The quantitative estimate of drug-likeness (QED) is 0.778. The molecule has 1 atom stereocenters. The van der Waals surface area contributed by atoms with Crippen LogP contribution in [0, 0.1) is 0 Å². The molecule has 1 aliphatic heterocycles. The maximum Gasteiger partial charge on any atom is 0.0704 e. The Bertz CT molecular complexity index is 534. The summed E-state index contributed by atoms with van der Waals surface area (Å²) in [6, 6.07) is 15.1. The lowest BCUT2D eigenvalue weighted by Gasteiger charge is -2.04. The van der Waals surface area contributed by atoms with E-state index in [0.29, 0.717) is 6.04 Å². The van der Waals surface area contributed by atoms with E-state index in [4.69, 9.17) is 0 Å². The molecule has 1 aliphatic rings. The normalized spacial score (nSPS) is 20.4. The van der Waals surface area contributed by atoms with Crippen molar-refractivity contribution >= 4 is 22.7 Å². The molecule has 2 aromatic rings. The van der Waals surface area contributed by atoms with Gasteiger partial charge in [-0.25, -0.2) is 0 Å². The van der Waals surface area contributed by atoms with Crippen molar-refractivity contribution in [1.82, 2.24) is 5.32 Å². The molecule has 0 saturated carbocycles. The van der Waals surface area contributed by atoms with E-state index in [1.54, 1.807) is 0 Å². The summed E-state index contributed by atoms with van der Waals surface area (Å²) < 4.78 is 0. The summed E-state index contributed by atoms with van der Waals surface area (Å²) in [5.41, 5.74) is 1.07. The van der Waals surface area contributed by atoms with Gasteiger partial charge in [-0.1, -0.05) is 36.4 Å². The summed E-state index contributed by atoms with van der Waals surface area (Å²) >= 11 is 0. The van der Waals surface area contributed by atoms with Gasteiger partial charge in [-0.3, -0.25) is 4.99 Å². The topological polar surface area (TPSA) is 24.4 Å². The first-order chi connectivity index (χ1) is 8.43. The first-order valence-electron chi connectivity index (χ1n) is 6.19. The second-order valence-electron chi connectivity index (χ2n) is 4.48. The third-order valence-corrected chi connectivity index (χ3v) is 3.26. The number of fused-ring (bicyclic) bond motifs is 1. The van der Waals surface area contributed by atoms with Crippen LogP contribution < -0.4 is 5.32 Å². The zero-order valence-corrected chi connectivity index (χ0v) is 9.76. The number of benzene rings is 2. The Labute approximate surface area is 101 Å². The Hall–Kier alpha value is -1.67. The van der Waals surface area contributed by atoms with Crippen molar-refractivity contribution in [2.24, 2.45) is 4.99 Å². The Morgan fingerprint density at radius 3 is 2.88 bits per heavy atom. The molecule has 1 saturated heterocycles. The average molecular weight is 224 g/mol. The van der Waals surface area contributed by atoms with Crippen LogP contribution >= 0.6 is 0 Å². The van der Waals surface area contributed by atoms with Gasteiger partial charge in [-0.2, -0.15) is 0 Å². The van der Waals surface area contributed by atoms with Crippen LogP contribution in [0.3, 0.4) is 0 Å². The fourth-order valence-corrected chi connectivity index (χ4v) is 2.33. The molecule has 2 nitrogen and oxygen atoms in total. The zero-order valence-electron chi connectivity index (χ0n) is 9.76. The molecule has 86 valence electrons. The summed E-state index contributed by atoms with van der Waals surface area (Å²) in [5.74, 6) is 0. The van der Waals surface area contributed by atoms with Gasteiger partial charge in [0.15, 0.2) is 0 Å². The molecule has 2 heteroatoms. The third-order valence-electron chi connectivity index (χ3n) is 3.26. The fourth-order valence-electron chi connectivity index (χ4n) is 2.33. The number of hydrogen-bond acceptors (Lipinski definition) is 2. The van der Waals surface area contributed by atoms with E-state index in [-0.39, 0.29) is 0 Å². The van der Waals surface area contributed by atoms with E-state index in [1.165, 1.54) is 23.6 Å². The summed E-state index contributed by atoms with van der Waals surface area (Å²) in [6.45, 7) is 1.12. The van der Waals surface area contributed by atoms with Gasteiger partial charge < -0.3 is 5.32 Å². The largest absolute Gasteiger partial charge is 0.309 e. The van der Waals surface area contributed by atoms with E-state index in [2.05, 4.69) is 59.0 Å². The monoisotopic (exact) mass is 224 g/mol. The molecule has 1 unspecified atom stereocenters. The molecule has 0 bridgehead atoms. The van der Waals surface area contributed by atoms with Crippen LogP contribution in [0.25, 0.3) is 10.8 Å². The van der Waals surface area contributed by atoms with Crippen LogP contribution in [0.1, 0.15) is 12.8 Å². The molecule has 3 rings (SSSR count). The van der Waals surface area contributed by atoms with Gasteiger partial charge in [0.2, 0.25) is 0 Å². The molecule has 0 aromatic heterocycles. The number of rotatable bonds is 2. The smallest absolute Gasteiger partial charge is 0.0704 e. The molecule has 1 N–H and O–H groups in total. The van der Waals surface area contributed by atoms with Gasteiger partial charge in [0.05, 0.1) is 5.69 Å². The highest BCUT2D eigenvalue weighted by molar-refractivity contribution is 5.93. The van der Waals surface area contributed by atoms with Crippen molar-refractivity contribution in [1.29, 1.82) is 0 Å². The van der Waals surface area contributed by atoms with Gasteiger partial charge in [-0.05, 0) is 30.8 Å². The fraction of sp³-hybridized carbons (Fsp3) is 0.267. The highest BCUT2D eigenvalue weighted by Gasteiger charge is 2.10. The van der Waals surface area contributed by atoms with Gasteiger partial charge in [0.25, 0.3) is 0 Å². The lowest BCUT2D eigenvalue weighted by atomic mass is 10.1. The molecular weight excluding hydrogens is 208 g/mol. The van der Waals surface area contributed by atoms with E-state index < -0.39 is 0 Å². The maximum absolute atomic E-state index is 4.63. The molecule has 0 radical (unpaired) electrons. The number of aliphatic imine (C=N–C) groups is 1. The molecule has 1 heterocycles. The summed E-state index contributed by atoms with van der Waals surface area (Å²) in [4.78, 5) is 4.63. The Kier molecular flexibility index (Phi) is 2.88. The lowest BCUT2D eigenvalue weighted by Crippen LogP contribution is -2.22. The van der Waals surface area contributed by atoms with E-state index in [0.717, 1.165) is 12.2 Å². The predicted octanol–water partition coefficient (Wildman–Crippen LogP) is 3.29. The Balaban J connectivity index is 1.94. The Morgan fingerprint density at radius 2 is 2.00 bits per heavy atom. The molecule has 0 amide bonds. The lowest BCUT2D eigenvalue weighted by molar-refractivity contribution is 0.775. The standard InChI is InChI=1S/C15H16N2/c1-2-8-14-12(5-1)6-3-9-15(14)17-11-13-7-4-10-16-13/h1-3,5-6,8-9,11,13,16H,4,7,10H2. The van der Waals surface area contributed by atoms with E-state index in [9.17, 15) is 0 Å². The van der Waals surface area contributed by atoms with Crippen molar-refractivity contribution in [2.75, 3.05) is 6.54 Å². The van der Waals surface area contributed by atoms with Gasteiger partial charge >= 0.3 is 0 Å².